The van der Waals surface area contributed by atoms with Gasteiger partial charge in [0.25, 0.3) is 0 Å². The number of ether oxygens (including phenoxy) is 3. The molecule has 2 aromatic rings. The maximum absolute atomic E-state index is 5.89. The van der Waals surface area contributed by atoms with Gasteiger partial charge in [-0.1, -0.05) is 23.7 Å². The zero-order valence-electron chi connectivity index (χ0n) is 14.1. The Labute approximate surface area is 154 Å². The molecule has 0 aromatic heterocycles. The molecule has 6 heteroatoms. The lowest BCUT2D eigenvalue weighted by Crippen LogP contribution is -2.17. The Morgan fingerprint density at radius 1 is 0.875 bits per heavy atom. The molecule has 4 nitrogen and oxygen atoms in total. The van der Waals surface area contributed by atoms with Gasteiger partial charge in [-0.25, -0.2) is 0 Å². The molecule has 2 aromatic carbocycles. The van der Waals surface area contributed by atoms with Gasteiger partial charge in [0.15, 0.2) is 11.5 Å². The van der Waals surface area contributed by atoms with Crippen molar-refractivity contribution < 1.29 is 14.2 Å². The third-order valence-electron chi connectivity index (χ3n) is 3.61. The van der Waals surface area contributed by atoms with Crippen LogP contribution in [0.4, 0.5) is 0 Å². The first-order chi connectivity index (χ1) is 11.2. The van der Waals surface area contributed by atoms with Gasteiger partial charge in [0, 0.05) is 23.2 Å². The Bertz CT molecular complexity index is 633. The van der Waals surface area contributed by atoms with Gasteiger partial charge in [0.1, 0.15) is 5.75 Å². The van der Waals surface area contributed by atoms with Crippen LogP contribution < -0.4 is 19.5 Å². The van der Waals surface area contributed by atoms with Gasteiger partial charge in [-0.15, -0.1) is 12.4 Å². The number of hydrogen-bond acceptors (Lipinski definition) is 4. The van der Waals surface area contributed by atoms with Crippen molar-refractivity contribution >= 4 is 24.0 Å². The molecular weight excluding hydrogens is 349 g/mol. The summed E-state index contributed by atoms with van der Waals surface area (Å²) in [5, 5.41) is 4.18. The second kappa shape index (κ2) is 10.3. The zero-order chi connectivity index (χ0) is 16.7. The van der Waals surface area contributed by atoms with E-state index in [2.05, 4.69) is 5.32 Å². The van der Waals surface area contributed by atoms with Crippen molar-refractivity contribution in [1.29, 1.82) is 0 Å². The minimum absolute atomic E-state index is 0. The van der Waals surface area contributed by atoms with Crippen molar-refractivity contribution in [3.63, 3.8) is 0 Å². The van der Waals surface area contributed by atoms with E-state index in [-0.39, 0.29) is 12.4 Å². The molecule has 24 heavy (non-hydrogen) atoms. The maximum atomic E-state index is 5.89. The summed E-state index contributed by atoms with van der Waals surface area (Å²) in [5.41, 5.74) is 2.28. The Kier molecular flexibility index (Phi) is 8.76. The summed E-state index contributed by atoms with van der Waals surface area (Å²) in [6.45, 7) is 1.55. The maximum Gasteiger partial charge on any atom is 0.164 e. The average Bonchev–Trinajstić information content (AvgIpc) is 2.59. The summed E-state index contributed by atoms with van der Waals surface area (Å²) in [6, 6.07) is 11.7. The fraction of sp³-hybridized carbons (Fsp3) is 0.333. The lowest BCUT2D eigenvalue weighted by molar-refractivity contribution is 0.347. The molecule has 2 rings (SSSR count). The Morgan fingerprint density at radius 2 is 1.46 bits per heavy atom. The highest BCUT2D eigenvalue weighted by Crippen LogP contribution is 2.34. The number of benzene rings is 2. The van der Waals surface area contributed by atoms with E-state index in [0.717, 1.165) is 29.3 Å². The quantitative estimate of drug-likeness (QED) is 0.708. The first-order valence-corrected chi connectivity index (χ1v) is 7.79. The fourth-order valence-corrected chi connectivity index (χ4v) is 2.46. The first kappa shape index (κ1) is 20.4. The van der Waals surface area contributed by atoms with Gasteiger partial charge < -0.3 is 19.5 Å². The third-order valence-corrected chi connectivity index (χ3v) is 3.86. The van der Waals surface area contributed by atoms with Crippen LogP contribution in [0.1, 0.15) is 11.1 Å². The van der Waals surface area contributed by atoms with Crippen LogP contribution in [0, 0.1) is 0 Å². The van der Waals surface area contributed by atoms with Crippen LogP contribution >= 0.6 is 24.0 Å². The highest BCUT2D eigenvalue weighted by molar-refractivity contribution is 6.30. The van der Waals surface area contributed by atoms with Crippen LogP contribution in [0.3, 0.4) is 0 Å². The third kappa shape index (κ3) is 5.48. The molecule has 0 heterocycles. The van der Waals surface area contributed by atoms with E-state index in [1.807, 2.05) is 36.4 Å². The largest absolute Gasteiger partial charge is 0.496 e. The highest BCUT2D eigenvalue weighted by atomic mass is 35.5. The van der Waals surface area contributed by atoms with E-state index in [1.165, 1.54) is 5.56 Å². The molecule has 0 bridgehead atoms. The van der Waals surface area contributed by atoms with Gasteiger partial charge in [0.05, 0.1) is 21.3 Å². The molecule has 0 amide bonds. The molecule has 0 saturated carbocycles. The second-order valence-electron chi connectivity index (χ2n) is 5.07. The normalized spacial score (nSPS) is 10.0. The van der Waals surface area contributed by atoms with Crippen LogP contribution in [0.25, 0.3) is 0 Å². The van der Waals surface area contributed by atoms with E-state index in [9.17, 15) is 0 Å². The van der Waals surface area contributed by atoms with Crippen LogP contribution in [-0.4, -0.2) is 27.9 Å². The molecule has 0 fully saturated rings. The molecule has 0 atom stereocenters. The lowest BCUT2D eigenvalue weighted by Gasteiger charge is -2.14. The minimum atomic E-state index is 0. The minimum Gasteiger partial charge on any atom is -0.496 e. The summed E-state index contributed by atoms with van der Waals surface area (Å²) in [5.74, 6) is 2.14. The highest BCUT2D eigenvalue weighted by Gasteiger charge is 2.11. The first-order valence-electron chi connectivity index (χ1n) is 7.42. The van der Waals surface area contributed by atoms with Crippen LogP contribution in [0.15, 0.2) is 36.4 Å². The fourth-order valence-electron chi connectivity index (χ4n) is 2.34. The molecule has 0 aliphatic rings. The van der Waals surface area contributed by atoms with E-state index >= 15 is 0 Å². The molecule has 0 radical (unpaired) electrons. The average molecular weight is 372 g/mol. The second-order valence-corrected chi connectivity index (χ2v) is 5.51. The molecule has 0 spiro atoms. The smallest absolute Gasteiger partial charge is 0.164 e. The number of rotatable bonds is 8. The van der Waals surface area contributed by atoms with Gasteiger partial charge in [-0.2, -0.15) is 0 Å². The number of methoxy groups -OCH3 is 3. The number of nitrogens with one attached hydrogen (secondary N) is 1. The molecule has 1 N–H and O–H groups in total. The van der Waals surface area contributed by atoms with Gasteiger partial charge >= 0.3 is 0 Å². The summed E-state index contributed by atoms with van der Waals surface area (Å²) >= 11 is 5.89. The Hall–Kier alpha value is -1.62. The summed E-state index contributed by atoms with van der Waals surface area (Å²) in [4.78, 5) is 0. The Balaban J connectivity index is 0.00000288. The SMILES string of the molecule is COc1cc(OC)c(OC)cc1CNCCc1ccc(Cl)cc1.Cl. The van der Waals surface area contributed by atoms with Crippen molar-refractivity contribution in [2.24, 2.45) is 0 Å². The summed E-state index contributed by atoms with van der Waals surface area (Å²) < 4.78 is 16.1. The lowest BCUT2D eigenvalue weighted by atomic mass is 10.1. The summed E-state index contributed by atoms with van der Waals surface area (Å²) in [7, 11) is 4.89. The molecule has 132 valence electrons. The Morgan fingerprint density at radius 3 is 2.04 bits per heavy atom. The number of halogens is 2. The van der Waals surface area contributed by atoms with E-state index in [4.69, 9.17) is 25.8 Å². The van der Waals surface area contributed by atoms with Crippen LogP contribution in [0.5, 0.6) is 17.2 Å². The predicted molar refractivity (Wildman–Crippen MR) is 100 cm³/mol. The molecule has 0 unspecified atom stereocenters. The zero-order valence-corrected chi connectivity index (χ0v) is 15.7. The van der Waals surface area contributed by atoms with Crippen molar-refractivity contribution in [3.8, 4) is 17.2 Å². The van der Waals surface area contributed by atoms with Crippen molar-refractivity contribution in [2.45, 2.75) is 13.0 Å². The molecule has 0 saturated heterocycles. The van der Waals surface area contributed by atoms with Crippen molar-refractivity contribution in [2.75, 3.05) is 27.9 Å². The van der Waals surface area contributed by atoms with Crippen LogP contribution in [-0.2, 0) is 13.0 Å². The van der Waals surface area contributed by atoms with E-state index in [0.29, 0.717) is 18.0 Å². The molecular formula is C18H23Cl2NO3. The number of hydrogen-bond donors (Lipinski definition) is 1. The van der Waals surface area contributed by atoms with Gasteiger partial charge in [-0.3, -0.25) is 0 Å². The van der Waals surface area contributed by atoms with Crippen molar-refractivity contribution in [1.82, 2.24) is 5.32 Å². The molecule has 0 aliphatic heterocycles. The van der Waals surface area contributed by atoms with E-state index < -0.39 is 0 Å². The summed E-state index contributed by atoms with van der Waals surface area (Å²) in [6.07, 6.45) is 0.937. The predicted octanol–water partition coefficient (Wildman–Crippen LogP) is 4.12. The van der Waals surface area contributed by atoms with Crippen molar-refractivity contribution in [3.05, 3.63) is 52.5 Å². The molecule has 0 aliphatic carbocycles. The van der Waals surface area contributed by atoms with Crippen LogP contribution in [0.2, 0.25) is 5.02 Å². The standard InChI is InChI=1S/C18H22ClNO3.ClH/c1-21-16-11-18(23-3)17(22-2)10-14(16)12-20-9-8-13-4-6-15(19)7-5-13;/h4-7,10-11,20H,8-9,12H2,1-3H3;1H. The van der Waals surface area contributed by atoms with Gasteiger partial charge in [-0.05, 0) is 36.7 Å². The topological polar surface area (TPSA) is 39.7 Å². The van der Waals surface area contributed by atoms with E-state index in [1.54, 1.807) is 21.3 Å². The van der Waals surface area contributed by atoms with Gasteiger partial charge in [0.2, 0.25) is 0 Å². The monoisotopic (exact) mass is 371 g/mol.